The predicted molar refractivity (Wildman–Crippen MR) is 118 cm³/mol. The molecule has 0 unspecified atom stereocenters. The van der Waals surface area contributed by atoms with Crippen LogP contribution < -0.4 is 5.32 Å². The fraction of sp³-hybridized carbons (Fsp3) is 0.720. The highest BCUT2D eigenvalue weighted by Crippen LogP contribution is 2.40. The first-order valence-corrected chi connectivity index (χ1v) is 11.5. The van der Waals surface area contributed by atoms with Crippen molar-refractivity contribution in [3.05, 3.63) is 35.9 Å². The smallest absolute Gasteiger partial charge is 0.230 e. The Labute approximate surface area is 176 Å². The lowest BCUT2D eigenvalue weighted by Gasteiger charge is -2.40. The second kappa shape index (κ2) is 9.16. The molecule has 1 aromatic rings. The van der Waals surface area contributed by atoms with Crippen LogP contribution in [0, 0.1) is 5.41 Å². The van der Waals surface area contributed by atoms with Crippen LogP contribution in [0.25, 0.3) is 0 Å². The van der Waals surface area contributed by atoms with Gasteiger partial charge in [-0.25, -0.2) is 4.39 Å². The Hall–Kier alpha value is -1.42. The minimum absolute atomic E-state index is 0.0237. The van der Waals surface area contributed by atoms with E-state index in [2.05, 4.69) is 43.1 Å². The van der Waals surface area contributed by atoms with Crippen LogP contribution in [-0.4, -0.2) is 42.7 Å². The molecule has 29 heavy (non-hydrogen) atoms. The van der Waals surface area contributed by atoms with Crippen LogP contribution in [0.15, 0.2) is 30.3 Å². The third kappa shape index (κ3) is 5.81. The van der Waals surface area contributed by atoms with Gasteiger partial charge in [0.1, 0.15) is 5.67 Å². The Morgan fingerprint density at radius 3 is 2.24 bits per heavy atom. The van der Waals surface area contributed by atoms with Crippen molar-refractivity contribution in [1.82, 2.24) is 10.2 Å². The first kappa shape index (κ1) is 22.3. The zero-order valence-electron chi connectivity index (χ0n) is 18.6. The SMILES string of the molecule is CC(C)(C)CCN1CCC(F)(CNC(=O)C2(c3ccccc3)CCCCC2)CC1. The molecule has 3 rings (SSSR count). The Bertz CT molecular complexity index is 653. The summed E-state index contributed by atoms with van der Waals surface area (Å²) in [6.07, 6.45) is 7.18. The molecule has 0 aromatic heterocycles. The fourth-order valence-corrected chi connectivity index (χ4v) is 4.81. The number of nitrogens with zero attached hydrogens (tertiary/aromatic N) is 1. The van der Waals surface area contributed by atoms with Crippen molar-refractivity contribution in [1.29, 1.82) is 0 Å². The third-order valence-corrected chi connectivity index (χ3v) is 6.96. The summed E-state index contributed by atoms with van der Waals surface area (Å²) in [5.74, 6) is 0.0237. The summed E-state index contributed by atoms with van der Waals surface area (Å²) in [5, 5.41) is 3.04. The normalized spacial score (nSPS) is 22.2. The molecule has 0 radical (unpaired) electrons. The molecule has 3 nitrogen and oxygen atoms in total. The lowest BCUT2D eigenvalue weighted by Crippen LogP contribution is -2.52. The molecule has 1 N–H and O–H groups in total. The van der Waals surface area contributed by atoms with E-state index in [-0.39, 0.29) is 12.5 Å². The summed E-state index contributed by atoms with van der Waals surface area (Å²) in [7, 11) is 0. The summed E-state index contributed by atoms with van der Waals surface area (Å²) in [6, 6.07) is 10.1. The molecule has 1 aromatic carbocycles. The number of rotatable bonds is 6. The Morgan fingerprint density at radius 2 is 1.66 bits per heavy atom. The molecule has 2 aliphatic rings. The Kier molecular flexibility index (Phi) is 7.03. The van der Waals surface area contributed by atoms with E-state index >= 15 is 4.39 Å². The minimum Gasteiger partial charge on any atom is -0.352 e. The van der Waals surface area contributed by atoms with Crippen molar-refractivity contribution in [2.24, 2.45) is 5.41 Å². The van der Waals surface area contributed by atoms with E-state index in [1.165, 1.54) is 6.42 Å². The van der Waals surface area contributed by atoms with Gasteiger partial charge in [-0.2, -0.15) is 0 Å². The summed E-state index contributed by atoms with van der Waals surface area (Å²) in [4.78, 5) is 15.7. The van der Waals surface area contributed by atoms with E-state index in [1.807, 2.05) is 18.2 Å². The van der Waals surface area contributed by atoms with Crippen LogP contribution in [0.2, 0.25) is 0 Å². The van der Waals surface area contributed by atoms with E-state index in [0.29, 0.717) is 18.3 Å². The largest absolute Gasteiger partial charge is 0.352 e. The number of likely N-dealkylation sites (tertiary alicyclic amines) is 1. The van der Waals surface area contributed by atoms with E-state index in [9.17, 15) is 4.79 Å². The first-order valence-electron chi connectivity index (χ1n) is 11.5. The van der Waals surface area contributed by atoms with Gasteiger partial charge in [0.05, 0.1) is 12.0 Å². The number of nitrogens with one attached hydrogen (secondary N) is 1. The summed E-state index contributed by atoms with van der Waals surface area (Å²) >= 11 is 0. The molecular formula is C25H39FN2O. The van der Waals surface area contributed by atoms with Crippen molar-refractivity contribution in [2.75, 3.05) is 26.2 Å². The highest BCUT2D eigenvalue weighted by atomic mass is 19.1. The molecule has 1 aliphatic heterocycles. The van der Waals surface area contributed by atoms with Crippen molar-refractivity contribution in [3.8, 4) is 0 Å². The topological polar surface area (TPSA) is 32.3 Å². The van der Waals surface area contributed by atoms with Gasteiger partial charge in [0.15, 0.2) is 0 Å². The molecule has 1 amide bonds. The number of piperidine rings is 1. The highest BCUT2D eigenvalue weighted by Gasteiger charge is 2.42. The van der Waals surface area contributed by atoms with Crippen molar-refractivity contribution >= 4 is 5.91 Å². The second-order valence-electron chi connectivity index (χ2n) is 10.5. The van der Waals surface area contributed by atoms with Crippen LogP contribution in [0.3, 0.4) is 0 Å². The van der Waals surface area contributed by atoms with Gasteiger partial charge >= 0.3 is 0 Å². The lowest BCUT2D eigenvalue weighted by atomic mass is 9.68. The number of hydrogen-bond acceptors (Lipinski definition) is 2. The summed E-state index contributed by atoms with van der Waals surface area (Å²) in [5.41, 5.74) is -0.365. The molecule has 0 bridgehead atoms. The summed E-state index contributed by atoms with van der Waals surface area (Å²) < 4.78 is 15.4. The van der Waals surface area contributed by atoms with Gasteiger partial charge in [0.2, 0.25) is 5.91 Å². The maximum absolute atomic E-state index is 15.4. The molecule has 0 atom stereocenters. The van der Waals surface area contributed by atoms with E-state index in [4.69, 9.17) is 0 Å². The average molecular weight is 403 g/mol. The van der Waals surface area contributed by atoms with Crippen LogP contribution in [0.4, 0.5) is 4.39 Å². The maximum Gasteiger partial charge on any atom is 0.230 e. The average Bonchev–Trinajstić information content (AvgIpc) is 2.72. The van der Waals surface area contributed by atoms with Crippen LogP contribution in [0.1, 0.15) is 77.7 Å². The van der Waals surface area contributed by atoms with E-state index in [0.717, 1.165) is 57.3 Å². The van der Waals surface area contributed by atoms with Gasteiger partial charge in [-0.3, -0.25) is 4.79 Å². The molecule has 1 saturated carbocycles. The zero-order chi connectivity index (χ0) is 21.0. The number of benzene rings is 1. The Morgan fingerprint density at radius 1 is 1.03 bits per heavy atom. The molecule has 0 spiro atoms. The first-order chi connectivity index (χ1) is 13.7. The molecule has 2 fully saturated rings. The number of alkyl halides is 1. The molecule has 1 heterocycles. The molecule has 1 aliphatic carbocycles. The van der Waals surface area contributed by atoms with E-state index in [1.54, 1.807) is 0 Å². The van der Waals surface area contributed by atoms with Crippen molar-refractivity contribution in [2.45, 2.75) is 83.2 Å². The lowest BCUT2D eigenvalue weighted by molar-refractivity contribution is -0.129. The van der Waals surface area contributed by atoms with Gasteiger partial charge in [-0.15, -0.1) is 0 Å². The predicted octanol–water partition coefficient (Wildman–Crippen LogP) is 5.25. The molecular weight excluding hydrogens is 363 g/mol. The second-order valence-corrected chi connectivity index (χ2v) is 10.5. The van der Waals surface area contributed by atoms with Crippen LogP contribution in [-0.2, 0) is 10.2 Å². The van der Waals surface area contributed by atoms with Gasteiger partial charge in [0, 0.05) is 13.1 Å². The standard InChI is InChI=1S/C25H39FN2O/c1-23(2,3)14-17-28-18-15-24(26,16-19-28)20-27-22(29)25(12-8-5-9-13-25)21-10-6-4-7-11-21/h4,6-7,10-11H,5,8-9,12-20H2,1-3H3,(H,27,29). The minimum atomic E-state index is -1.28. The zero-order valence-corrected chi connectivity index (χ0v) is 18.6. The quantitative estimate of drug-likeness (QED) is 0.705. The molecule has 162 valence electrons. The highest BCUT2D eigenvalue weighted by molar-refractivity contribution is 5.88. The number of carbonyl (C=O) groups is 1. The number of carbonyl (C=O) groups excluding carboxylic acids is 1. The third-order valence-electron chi connectivity index (χ3n) is 6.96. The van der Waals surface area contributed by atoms with Gasteiger partial charge in [-0.1, -0.05) is 70.4 Å². The molecule has 1 saturated heterocycles. The number of hydrogen-bond donors (Lipinski definition) is 1. The summed E-state index contributed by atoms with van der Waals surface area (Å²) in [6.45, 7) is 9.49. The monoisotopic (exact) mass is 402 g/mol. The van der Waals surface area contributed by atoms with Crippen LogP contribution in [0.5, 0.6) is 0 Å². The molecule has 4 heteroatoms. The maximum atomic E-state index is 15.4. The Balaban J connectivity index is 1.56. The van der Waals surface area contributed by atoms with Crippen LogP contribution >= 0.6 is 0 Å². The number of halogens is 1. The van der Waals surface area contributed by atoms with E-state index < -0.39 is 11.1 Å². The van der Waals surface area contributed by atoms with Gasteiger partial charge in [-0.05, 0) is 49.6 Å². The van der Waals surface area contributed by atoms with Gasteiger partial charge in [0.25, 0.3) is 0 Å². The van der Waals surface area contributed by atoms with Gasteiger partial charge < -0.3 is 10.2 Å². The van der Waals surface area contributed by atoms with Crippen molar-refractivity contribution < 1.29 is 9.18 Å². The fourth-order valence-electron chi connectivity index (χ4n) is 4.81. The number of amides is 1. The van der Waals surface area contributed by atoms with Crippen molar-refractivity contribution in [3.63, 3.8) is 0 Å².